The van der Waals surface area contributed by atoms with E-state index in [0.717, 1.165) is 24.3 Å². The number of benzene rings is 8. The van der Waals surface area contributed by atoms with Crippen molar-refractivity contribution in [3.8, 4) is 22.6 Å². The lowest BCUT2D eigenvalue weighted by molar-refractivity contribution is 0.472. The Balaban J connectivity index is 1.05. The molecule has 0 radical (unpaired) electrons. The van der Waals surface area contributed by atoms with Crippen LogP contribution in [0, 0.1) is 0 Å². The number of nitrogens with zero attached hydrogens (tertiary/aromatic N) is 8. The van der Waals surface area contributed by atoms with Gasteiger partial charge in [-0.3, -0.25) is 13.7 Å². The number of nitrogens with two attached hydrogens (primary N) is 4. The van der Waals surface area contributed by atoms with Gasteiger partial charge in [0.1, 0.15) is 43.1 Å². The molecule has 0 aromatic heterocycles. The fraction of sp³-hybridized carbons (Fsp3) is 0. The Morgan fingerprint density at radius 2 is 0.700 bits per heavy atom. The van der Waals surface area contributed by atoms with Crippen molar-refractivity contribution in [1.29, 1.82) is 0 Å². The smallest absolute Gasteiger partial charge is 0.296 e. The molecule has 8 aromatic carbocycles. The molecule has 0 heterocycles. The lowest BCUT2D eigenvalue weighted by Gasteiger charge is -2.11. The van der Waals surface area contributed by atoms with E-state index in [2.05, 4.69) is 40.9 Å². The summed E-state index contributed by atoms with van der Waals surface area (Å²) in [5.74, 6) is -1.38. The van der Waals surface area contributed by atoms with Crippen LogP contribution in [0.15, 0.2) is 183 Å². The molecule has 0 bridgehead atoms. The Kier molecular flexibility index (Phi) is 12.5. The van der Waals surface area contributed by atoms with Gasteiger partial charge in [0.2, 0.25) is 0 Å². The first-order valence-corrected chi connectivity index (χ1v) is 24.1. The third-order valence-corrected chi connectivity index (χ3v) is 12.9. The van der Waals surface area contributed by atoms with Crippen LogP contribution < -0.4 is 22.9 Å². The van der Waals surface area contributed by atoms with Crippen LogP contribution in [-0.2, 0) is 30.4 Å². The Hall–Kier alpha value is -8.79. The van der Waals surface area contributed by atoms with Gasteiger partial charge < -0.3 is 33.1 Å². The number of hydrogen-bond acceptors (Lipinski definition) is 20. The first-order chi connectivity index (χ1) is 33.1. The van der Waals surface area contributed by atoms with Crippen molar-refractivity contribution in [2.24, 2.45) is 40.9 Å². The minimum atomic E-state index is -5.11. The molecule has 8 rings (SSSR count). The second kappa shape index (κ2) is 18.4. The summed E-state index contributed by atoms with van der Waals surface area (Å²) in [5.41, 5.74) is 24.5. The molecule has 0 saturated heterocycles. The first kappa shape index (κ1) is 47.7. The van der Waals surface area contributed by atoms with E-state index in [1.54, 1.807) is 60.7 Å². The zero-order valence-electron chi connectivity index (χ0n) is 35.4. The molecule has 0 unspecified atom stereocenters. The van der Waals surface area contributed by atoms with Crippen molar-refractivity contribution in [2.45, 2.75) is 14.7 Å². The van der Waals surface area contributed by atoms with Gasteiger partial charge >= 0.3 is 0 Å². The molecule has 0 aliphatic carbocycles. The molecule has 70 heavy (non-hydrogen) atoms. The highest BCUT2D eigenvalue weighted by Gasteiger charge is 2.26. The zero-order valence-corrected chi connectivity index (χ0v) is 37.9. The van der Waals surface area contributed by atoms with E-state index in [0.29, 0.717) is 22.5 Å². The van der Waals surface area contributed by atoms with Crippen LogP contribution in [0.5, 0.6) is 11.5 Å². The van der Waals surface area contributed by atoms with Crippen LogP contribution in [-0.4, -0.2) is 49.1 Å². The van der Waals surface area contributed by atoms with Crippen molar-refractivity contribution >= 4 is 120 Å². The van der Waals surface area contributed by atoms with Crippen molar-refractivity contribution in [1.82, 2.24) is 0 Å². The number of anilines is 4. The molecule has 0 spiro atoms. The maximum Gasteiger partial charge on any atom is 0.296 e. The molecule has 0 amide bonds. The highest BCUT2D eigenvalue weighted by atomic mass is 32.2. The molecule has 8 aromatic rings. The van der Waals surface area contributed by atoms with Gasteiger partial charge in [-0.1, -0.05) is 24.3 Å². The topological polar surface area (TPSA) is 407 Å². The number of azo groups is 4. The number of nitrogen functional groups attached to an aromatic ring is 4. The van der Waals surface area contributed by atoms with Gasteiger partial charge in [0.05, 0.1) is 28.4 Å². The quantitative estimate of drug-likeness (QED) is 0.0312. The summed E-state index contributed by atoms with van der Waals surface area (Å²) in [6.45, 7) is 0. The number of fused-ring (bicyclic) bond motifs is 2. The SMILES string of the molecule is Nc1ccc(N=Nc2c(N)ccc3c(O)c(N=Nc4ccc(-c5ccc(N=Nc6c(S(=O)(=O)O)cc7c(N=Nc8ccc(N)cc8S(=O)(=O)O)c(N)ccc7c6O)cc5)cc4)c(S(=O)(=O)O)cc23)cc1. The number of phenolic OH excluding ortho intramolecular Hbond substituents is 2. The number of phenols is 2. The molecule has 0 aliphatic rings. The highest BCUT2D eigenvalue weighted by molar-refractivity contribution is 7.86. The largest absolute Gasteiger partial charge is 0.505 e. The molecule has 0 atom stereocenters. The maximum absolute atomic E-state index is 12.6. The maximum atomic E-state index is 12.6. The van der Waals surface area contributed by atoms with Gasteiger partial charge in [0.15, 0.2) is 11.5 Å². The summed E-state index contributed by atoms with van der Waals surface area (Å²) in [4.78, 5) is -2.34. The Morgan fingerprint density at radius 3 is 1.10 bits per heavy atom. The van der Waals surface area contributed by atoms with E-state index < -0.39 is 67.9 Å². The predicted molar refractivity (Wildman–Crippen MR) is 260 cm³/mol. The summed E-state index contributed by atoms with van der Waals surface area (Å²) < 4.78 is 104. The van der Waals surface area contributed by atoms with Crippen molar-refractivity contribution in [2.75, 3.05) is 22.9 Å². The third-order valence-electron chi connectivity index (χ3n) is 10.3. The molecule has 26 heteroatoms. The van der Waals surface area contributed by atoms with Crippen LogP contribution in [0.4, 0.5) is 68.2 Å². The van der Waals surface area contributed by atoms with E-state index in [1.807, 2.05) is 0 Å². The van der Waals surface area contributed by atoms with Gasteiger partial charge in [-0.15, -0.1) is 25.6 Å². The summed E-state index contributed by atoms with van der Waals surface area (Å²) in [5, 5.41) is 54.8. The fourth-order valence-electron chi connectivity index (χ4n) is 6.88. The monoisotopic (exact) mass is 1000 g/mol. The Bertz CT molecular complexity index is 3910. The van der Waals surface area contributed by atoms with Gasteiger partial charge in [0, 0.05) is 32.9 Å². The van der Waals surface area contributed by atoms with E-state index >= 15 is 0 Å². The average molecular weight is 1000 g/mol. The third kappa shape index (κ3) is 9.92. The van der Waals surface area contributed by atoms with Crippen LogP contribution in [0.25, 0.3) is 32.7 Å². The Labute approximate surface area is 396 Å². The minimum Gasteiger partial charge on any atom is -0.505 e. The summed E-state index contributed by atoms with van der Waals surface area (Å²) in [6, 6.07) is 30.0. The summed E-state index contributed by atoms with van der Waals surface area (Å²) in [6.07, 6.45) is 0. The van der Waals surface area contributed by atoms with Crippen molar-refractivity contribution in [3.05, 3.63) is 127 Å². The molecular formula is C44H34N12O11S3. The molecule has 23 nitrogen and oxygen atoms in total. The molecule has 354 valence electrons. The predicted octanol–water partition coefficient (Wildman–Crippen LogP) is 10.8. The summed E-state index contributed by atoms with van der Waals surface area (Å²) >= 11 is 0. The van der Waals surface area contributed by atoms with Crippen LogP contribution in [0.3, 0.4) is 0 Å². The van der Waals surface area contributed by atoms with E-state index in [-0.39, 0.29) is 67.0 Å². The highest BCUT2D eigenvalue weighted by Crippen LogP contribution is 2.48. The molecule has 0 saturated carbocycles. The van der Waals surface area contributed by atoms with E-state index in [9.17, 15) is 49.1 Å². The number of hydrogen-bond donors (Lipinski definition) is 9. The standard InChI is InChI=1S/C44H34N12O11S3/c45-24-5-12-28(13-6-24)49-53-39-31-20-37(69(62,63)64)41(43(57)29(31)14-16-33(39)47)55-50-26-8-1-22(2-9-26)23-3-10-27(11-4-23)51-56-42-38(70(65,66)67)21-32-30(44(42)58)15-17-34(48)40(32)54-52-35-18-7-25(46)19-36(35)68(59,60)61/h1-21,57-58H,45-48H2,(H,59,60,61)(H,62,63,64)(H,65,66,67). The normalized spacial score (nSPS) is 12.7. The van der Waals surface area contributed by atoms with Crippen LogP contribution in [0.2, 0.25) is 0 Å². The van der Waals surface area contributed by atoms with Crippen LogP contribution in [0.1, 0.15) is 0 Å². The lowest BCUT2D eigenvalue weighted by atomic mass is 10.1. The van der Waals surface area contributed by atoms with Crippen LogP contribution >= 0.6 is 0 Å². The minimum absolute atomic E-state index is 0.00560. The van der Waals surface area contributed by atoms with Gasteiger partial charge in [-0.2, -0.15) is 40.6 Å². The fourth-order valence-corrected chi connectivity index (χ4v) is 8.84. The second-order valence-corrected chi connectivity index (χ2v) is 19.1. The van der Waals surface area contributed by atoms with Crippen molar-refractivity contribution < 1.29 is 49.1 Å². The van der Waals surface area contributed by atoms with E-state index in [1.165, 1.54) is 42.5 Å². The zero-order chi connectivity index (χ0) is 50.3. The second-order valence-electron chi connectivity index (χ2n) is 15.0. The lowest BCUT2D eigenvalue weighted by Crippen LogP contribution is -2.00. The summed E-state index contributed by atoms with van der Waals surface area (Å²) in [7, 11) is -14.9. The first-order valence-electron chi connectivity index (χ1n) is 19.8. The van der Waals surface area contributed by atoms with Gasteiger partial charge in [0.25, 0.3) is 30.4 Å². The molecular weight excluding hydrogens is 969 g/mol. The average Bonchev–Trinajstić information content (AvgIpc) is 3.30. The van der Waals surface area contributed by atoms with Crippen molar-refractivity contribution in [3.63, 3.8) is 0 Å². The Morgan fingerprint density at radius 1 is 0.343 bits per heavy atom. The molecule has 0 fully saturated rings. The molecule has 0 aliphatic heterocycles. The number of aromatic hydroxyl groups is 2. The van der Waals surface area contributed by atoms with Gasteiger partial charge in [-0.25, -0.2) is 0 Å². The van der Waals surface area contributed by atoms with Gasteiger partial charge in [-0.05, 0) is 114 Å². The number of rotatable bonds is 12. The van der Waals surface area contributed by atoms with E-state index in [4.69, 9.17) is 22.9 Å². The molecule has 13 N–H and O–H groups in total.